The van der Waals surface area contributed by atoms with Gasteiger partial charge in [-0.05, 0) is 24.3 Å². The van der Waals surface area contributed by atoms with Crippen molar-refractivity contribution in [2.45, 2.75) is 6.18 Å². The first-order valence-electron chi connectivity index (χ1n) is 3.72. The second-order valence-electron chi connectivity index (χ2n) is 2.52. The highest BCUT2D eigenvalue weighted by Gasteiger charge is 2.41. The first-order valence-corrected chi connectivity index (χ1v) is 3.72. The van der Waals surface area contributed by atoms with Crippen molar-refractivity contribution in [2.75, 3.05) is 0 Å². The standard InChI is InChI=1S/C9H4F3NO2/c10-9(11,12)8(14)15-7-3-1-6(5-13)2-4-7/h1-4H. The summed E-state index contributed by atoms with van der Waals surface area (Å²) in [5.74, 6) is -2.54. The Bertz CT molecular complexity index is 403. The SMILES string of the molecule is N#Cc1ccc(OC(=O)C(F)(F)F)cc1. The van der Waals surface area contributed by atoms with E-state index in [2.05, 4.69) is 4.74 Å². The van der Waals surface area contributed by atoms with Crippen LogP contribution in [-0.2, 0) is 4.79 Å². The molecular weight excluding hydrogens is 211 g/mol. The summed E-state index contributed by atoms with van der Waals surface area (Å²) >= 11 is 0. The van der Waals surface area contributed by atoms with Gasteiger partial charge in [0.1, 0.15) is 5.75 Å². The van der Waals surface area contributed by atoms with Gasteiger partial charge in [0.15, 0.2) is 0 Å². The van der Waals surface area contributed by atoms with Gasteiger partial charge in [0, 0.05) is 0 Å². The third-order valence-corrected chi connectivity index (χ3v) is 1.43. The zero-order valence-corrected chi connectivity index (χ0v) is 7.21. The average Bonchev–Trinajstić information content (AvgIpc) is 2.17. The number of rotatable bonds is 1. The number of carbonyl (C=O) groups excluding carboxylic acids is 1. The van der Waals surface area contributed by atoms with Crippen molar-refractivity contribution in [2.24, 2.45) is 0 Å². The number of nitrogens with zero attached hydrogens (tertiary/aromatic N) is 1. The number of ether oxygens (including phenoxy) is 1. The largest absolute Gasteiger partial charge is 0.491 e. The number of benzene rings is 1. The lowest BCUT2D eigenvalue weighted by atomic mass is 10.2. The monoisotopic (exact) mass is 215 g/mol. The molecule has 1 aromatic rings. The molecule has 78 valence electrons. The molecule has 0 radical (unpaired) electrons. The summed E-state index contributed by atoms with van der Waals surface area (Å²) in [6.45, 7) is 0. The van der Waals surface area contributed by atoms with Crippen LogP contribution in [0.3, 0.4) is 0 Å². The van der Waals surface area contributed by atoms with Crippen LogP contribution in [-0.4, -0.2) is 12.1 Å². The van der Waals surface area contributed by atoms with Gasteiger partial charge in [0.05, 0.1) is 11.6 Å². The van der Waals surface area contributed by atoms with Crippen molar-refractivity contribution in [1.82, 2.24) is 0 Å². The molecule has 0 unspecified atom stereocenters. The van der Waals surface area contributed by atoms with E-state index in [0.717, 1.165) is 12.1 Å². The van der Waals surface area contributed by atoms with E-state index in [1.807, 2.05) is 0 Å². The number of hydrogen-bond acceptors (Lipinski definition) is 3. The predicted molar refractivity (Wildman–Crippen MR) is 42.8 cm³/mol. The molecule has 0 fully saturated rings. The maximum atomic E-state index is 11.8. The fourth-order valence-corrected chi connectivity index (χ4v) is 0.762. The number of nitriles is 1. The molecule has 3 nitrogen and oxygen atoms in total. The lowest BCUT2D eigenvalue weighted by Gasteiger charge is -2.06. The number of carbonyl (C=O) groups is 1. The van der Waals surface area contributed by atoms with Crippen molar-refractivity contribution in [3.63, 3.8) is 0 Å². The molecule has 0 N–H and O–H groups in total. The van der Waals surface area contributed by atoms with Crippen LogP contribution in [0.5, 0.6) is 5.75 Å². The highest BCUT2D eigenvalue weighted by atomic mass is 19.4. The van der Waals surface area contributed by atoms with Crippen LogP contribution in [0.1, 0.15) is 5.56 Å². The second-order valence-corrected chi connectivity index (χ2v) is 2.52. The van der Waals surface area contributed by atoms with Crippen molar-refractivity contribution in [3.8, 4) is 11.8 Å². The van der Waals surface area contributed by atoms with Crippen LogP contribution < -0.4 is 4.74 Å². The van der Waals surface area contributed by atoms with Gasteiger partial charge in [0.2, 0.25) is 0 Å². The van der Waals surface area contributed by atoms with Crippen LogP contribution in [0, 0.1) is 11.3 Å². The van der Waals surface area contributed by atoms with Gasteiger partial charge in [-0.15, -0.1) is 0 Å². The minimum Gasteiger partial charge on any atom is -0.420 e. The maximum absolute atomic E-state index is 11.8. The summed E-state index contributed by atoms with van der Waals surface area (Å²) in [5.41, 5.74) is 0.266. The molecule has 1 aromatic carbocycles. The van der Waals surface area contributed by atoms with E-state index >= 15 is 0 Å². The second kappa shape index (κ2) is 4.00. The number of esters is 1. The highest BCUT2D eigenvalue weighted by molar-refractivity contribution is 5.78. The van der Waals surface area contributed by atoms with Crippen molar-refractivity contribution in [1.29, 1.82) is 5.26 Å². The van der Waals surface area contributed by atoms with Gasteiger partial charge >= 0.3 is 12.1 Å². The van der Waals surface area contributed by atoms with Crippen molar-refractivity contribution in [3.05, 3.63) is 29.8 Å². The van der Waals surface area contributed by atoms with E-state index in [1.165, 1.54) is 12.1 Å². The molecule has 0 spiro atoms. The van der Waals surface area contributed by atoms with Crippen LogP contribution in [0.4, 0.5) is 13.2 Å². The predicted octanol–water partition coefficient (Wildman–Crippen LogP) is 2.03. The summed E-state index contributed by atoms with van der Waals surface area (Å²) < 4.78 is 39.3. The topological polar surface area (TPSA) is 50.1 Å². The smallest absolute Gasteiger partial charge is 0.420 e. The molecule has 0 atom stereocenters. The van der Waals surface area contributed by atoms with Gasteiger partial charge in [-0.25, -0.2) is 4.79 Å². The fraction of sp³-hybridized carbons (Fsp3) is 0.111. The Hall–Kier alpha value is -2.03. The van der Waals surface area contributed by atoms with E-state index in [0.29, 0.717) is 0 Å². The van der Waals surface area contributed by atoms with Gasteiger partial charge in [-0.3, -0.25) is 0 Å². The van der Waals surface area contributed by atoms with Crippen molar-refractivity contribution < 1.29 is 22.7 Å². The molecule has 1 rings (SSSR count). The third kappa shape index (κ3) is 2.98. The first kappa shape index (κ1) is 11.0. The van der Waals surface area contributed by atoms with E-state index in [4.69, 9.17) is 5.26 Å². The Morgan fingerprint density at radius 2 is 1.80 bits per heavy atom. The first-order chi connectivity index (χ1) is 6.93. The minimum atomic E-state index is -5.02. The fourth-order valence-electron chi connectivity index (χ4n) is 0.762. The van der Waals surface area contributed by atoms with E-state index in [9.17, 15) is 18.0 Å². The summed E-state index contributed by atoms with van der Waals surface area (Å²) in [7, 11) is 0. The summed E-state index contributed by atoms with van der Waals surface area (Å²) in [4.78, 5) is 10.4. The van der Waals surface area contributed by atoms with E-state index < -0.39 is 12.1 Å². The lowest BCUT2D eigenvalue weighted by Crippen LogP contribution is -2.27. The lowest BCUT2D eigenvalue weighted by molar-refractivity contribution is -0.189. The molecule has 6 heteroatoms. The molecule has 0 aliphatic carbocycles. The van der Waals surface area contributed by atoms with E-state index in [1.54, 1.807) is 6.07 Å². The number of hydrogen-bond donors (Lipinski definition) is 0. The molecule has 0 heterocycles. The molecular formula is C9H4F3NO2. The Morgan fingerprint density at radius 3 is 2.20 bits per heavy atom. The molecule has 0 aliphatic heterocycles. The molecule has 0 aromatic heterocycles. The molecule has 0 amide bonds. The zero-order valence-electron chi connectivity index (χ0n) is 7.21. The Labute approximate surface area is 82.7 Å². The minimum absolute atomic E-state index is 0.253. The Morgan fingerprint density at radius 1 is 1.27 bits per heavy atom. The van der Waals surface area contributed by atoms with Crippen LogP contribution in [0.15, 0.2) is 24.3 Å². The quantitative estimate of drug-likeness (QED) is 0.532. The molecule has 0 saturated carbocycles. The number of alkyl halides is 3. The van der Waals surface area contributed by atoms with Crippen LogP contribution in [0.25, 0.3) is 0 Å². The number of halogens is 3. The van der Waals surface area contributed by atoms with Gasteiger partial charge < -0.3 is 4.74 Å². The molecule has 0 aliphatic rings. The average molecular weight is 215 g/mol. The molecule has 0 saturated heterocycles. The summed E-state index contributed by atoms with van der Waals surface area (Å²) in [6, 6.07) is 6.50. The maximum Gasteiger partial charge on any atom is 0.491 e. The van der Waals surface area contributed by atoms with Crippen LogP contribution >= 0.6 is 0 Å². The third-order valence-electron chi connectivity index (χ3n) is 1.43. The normalized spacial score (nSPS) is 10.5. The van der Waals surface area contributed by atoms with Crippen LogP contribution in [0.2, 0.25) is 0 Å². The molecule has 15 heavy (non-hydrogen) atoms. The zero-order chi connectivity index (χ0) is 11.5. The Kier molecular flexibility index (Phi) is 2.95. The van der Waals surface area contributed by atoms with Gasteiger partial charge in [-0.2, -0.15) is 18.4 Å². The van der Waals surface area contributed by atoms with Crippen molar-refractivity contribution >= 4 is 5.97 Å². The van der Waals surface area contributed by atoms with E-state index in [-0.39, 0.29) is 11.3 Å². The highest BCUT2D eigenvalue weighted by Crippen LogP contribution is 2.20. The molecule has 0 bridgehead atoms. The summed E-state index contributed by atoms with van der Waals surface area (Å²) in [5, 5.41) is 8.40. The van der Waals surface area contributed by atoms with Gasteiger partial charge in [0.25, 0.3) is 0 Å². The summed E-state index contributed by atoms with van der Waals surface area (Å²) in [6.07, 6.45) is -5.02. The van der Waals surface area contributed by atoms with Gasteiger partial charge in [-0.1, -0.05) is 0 Å². The Balaban J connectivity index is 2.75.